The molecule has 0 aromatic carbocycles. The molecular weight excluding hydrogens is 384 g/mol. The summed E-state index contributed by atoms with van der Waals surface area (Å²) >= 11 is 0. The fourth-order valence-corrected chi connectivity index (χ4v) is 4.20. The van der Waals surface area contributed by atoms with Gasteiger partial charge in [0, 0.05) is 0 Å². The van der Waals surface area contributed by atoms with Gasteiger partial charge in [0.05, 0.1) is 0 Å². The van der Waals surface area contributed by atoms with Crippen LogP contribution < -0.4 is 0 Å². The molecule has 32 heavy (non-hydrogen) atoms. The predicted octanol–water partition coefficient (Wildman–Crippen LogP) is 10.4. The van der Waals surface area contributed by atoms with Crippen LogP contribution in [0.25, 0.3) is 0 Å². The normalized spacial score (nSPS) is 14.8. The van der Waals surface area contributed by atoms with Crippen LogP contribution in [-0.2, 0) is 0 Å². The second kappa shape index (κ2) is 12.8. The van der Waals surface area contributed by atoms with E-state index in [1.807, 2.05) is 24.3 Å². The maximum Gasteiger partial charge on any atom is -0.0165 e. The minimum Gasteiger partial charge on any atom is -0.0623 e. The molecule has 0 saturated carbocycles. The van der Waals surface area contributed by atoms with Crippen LogP contribution in [0, 0.1) is 21.7 Å². The molecule has 0 radical (unpaired) electrons. The summed E-state index contributed by atoms with van der Waals surface area (Å²) in [5, 5.41) is 0. The Bertz CT molecular complexity index is 682. The van der Waals surface area contributed by atoms with E-state index in [1.54, 1.807) is 0 Å². The molecule has 0 saturated heterocycles. The van der Waals surface area contributed by atoms with Gasteiger partial charge in [-0.05, 0) is 21.7 Å². The molecule has 0 unspecified atom stereocenters. The standard InChI is InChI=1S/C32H50/c1-29(2,3)27(30(4,5)6)25-23-21-19-17-15-13-14-16-18-20-22-24-26-28(31(7,8)9)32(10,11)12/h13-26H,1-12H3/b15-13+,16-14+,19-17+,20-18+,23-21+,24-22+. The van der Waals surface area contributed by atoms with Crippen molar-refractivity contribution in [3.8, 4) is 0 Å². The highest BCUT2D eigenvalue weighted by Gasteiger charge is 2.27. The highest BCUT2D eigenvalue weighted by molar-refractivity contribution is 5.27. The summed E-state index contributed by atoms with van der Waals surface area (Å²) in [6, 6.07) is 0. The lowest BCUT2D eigenvalue weighted by atomic mass is 9.72. The lowest BCUT2D eigenvalue weighted by Crippen LogP contribution is -2.22. The lowest BCUT2D eigenvalue weighted by molar-refractivity contribution is 0.362. The van der Waals surface area contributed by atoms with E-state index in [1.165, 1.54) is 11.1 Å². The quantitative estimate of drug-likeness (QED) is 0.349. The van der Waals surface area contributed by atoms with Gasteiger partial charge in [-0.1, -0.05) is 179 Å². The van der Waals surface area contributed by atoms with Gasteiger partial charge in [-0.15, -0.1) is 0 Å². The average molecular weight is 435 g/mol. The third-order valence-corrected chi connectivity index (χ3v) is 4.98. The Morgan fingerprint density at radius 2 is 0.438 bits per heavy atom. The van der Waals surface area contributed by atoms with Crippen molar-refractivity contribution in [2.24, 2.45) is 21.7 Å². The van der Waals surface area contributed by atoms with E-state index >= 15 is 0 Å². The molecule has 178 valence electrons. The fraction of sp³-hybridized carbons (Fsp3) is 0.500. The molecular formula is C32H50. The molecule has 0 aliphatic rings. The Hall–Kier alpha value is -2.08. The molecule has 0 N–H and O–H groups in total. The molecule has 0 rings (SSSR count). The van der Waals surface area contributed by atoms with E-state index in [2.05, 4.69) is 144 Å². The van der Waals surface area contributed by atoms with Crippen molar-refractivity contribution < 1.29 is 0 Å². The Kier molecular flexibility index (Phi) is 12.0. The van der Waals surface area contributed by atoms with Crippen LogP contribution in [0.15, 0.2) is 96.2 Å². The van der Waals surface area contributed by atoms with Gasteiger partial charge in [0.25, 0.3) is 0 Å². The van der Waals surface area contributed by atoms with Crippen LogP contribution in [-0.4, -0.2) is 0 Å². The maximum atomic E-state index is 2.28. The molecule has 0 aliphatic carbocycles. The largest absolute Gasteiger partial charge is 0.0623 e. The van der Waals surface area contributed by atoms with Crippen LogP contribution in [0.5, 0.6) is 0 Å². The van der Waals surface area contributed by atoms with Gasteiger partial charge in [-0.3, -0.25) is 0 Å². The van der Waals surface area contributed by atoms with E-state index in [0.717, 1.165) is 0 Å². The number of allylic oxidation sites excluding steroid dienone is 16. The third kappa shape index (κ3) is 13.4. The number of rotatable bonds is 7. The first kappa shape index (κ1) is 29.9. The van der Waals surface area contributed by atoms with Crippen molar-refractivity contribution in [1.82, 2.24) is 0 Å². The van der Waals surface area contributed by atoms with E-state index in [-0.39, 0.29) is 21.7 Å². The Balaban J connectivity index is 4.74. The molecule has 0 heteroatoms. The second-order valence-electron chi connectivity index (χ2n) is 12.5. The number of hydrogen-bond acceptors (Lipinski definition) is 0. The number of hydrogen-bond donors (Lipinski definition) is 0. The van der Waals surface area contributed by atoms with Gasteiger partial charge in [-0.2, -0.15) is 0 Å². The molecule has 0 heterocycles. The topological polar surface area (TPSA) is 0 Å². The van der Waals surface area contributed by atoms with Crippen molar-refractivity contribution in [1.29, 1.82) is 0 Å². The Labute approximate surface area is 201 Å². The predicted molar refractivity (Wildman–Crippen MR) is 149 cm³/mol. The molecule has 0 aliphatic heterocycles. The first-order chi connectivity index (χ1) is 14.5. The van der Waals surface area contributed by atoms with Crippen molar-refractivity contribution >= 4 is 0 Å². The zero-order valence-corrected chi connectivity index (χ0v) is 23.1. The van der Waals surface area contributed by atoms with Gasteiger partial charge in [0.2, 0.25) is 0 Å². The summed E-state index contributed by atoms with van der Waals surface area (Å²) in [4.78, 5) is 0. The Morgan fingerprint density at radius 3 is 0.594 bits per heavy atom. The summed E-state index contributed by atoms with van der Waals surface area (Å²) in [5.41, 5.74) is 3.62. The Morgan fingerprint density at radius 1 is 0.281 bits per heavy atom. The summed E-state index contributed by atoms with van der Waals surface area (Å²) < 4.78 is 0. The first-order valence-corrected chi connectivity index (χ1v) is 11.9. The van der Waals surface area contributed by atoms with Gasteiger partial charge >= 0.3 is 0 Å². The minimum atomic E-state index is 0.178. The minimum absolute atomic E-state index is 0.178. The zero-order chi connectivity index (χ0) is 25.1. The molecule has 0 spiro atoms. The highest BCUT2D eigenvalue weighted by Crippen LogP contribution is 2.39. The zero-order valence-electron chi connectivity index (χ0n) is 23.1. The summed E-state index contributed by atoms with van der Waals surface area (Å²) in [5.74, 6) is 0. The second-order valence-corrected chi connectivity index (χ2v) is 12.5. The van der Waals surface area contributed by atoms with Gasteiger partial charge in [0.1, 0.15) is 0 Å². The molecule has 0 bridgehead atoms. The first-order valence-electron chi connectivity index (χ1n) is 11.9. The summed E-state index contributed by atoms with van der Waals surface area (Å²) in [6.45, 7) is 27.3. The van der Waals surface area contributed by atoms with Gasteiger partial charge < -0.3 is 0 Å². The van der Waals surface area contributed by atoms with Crippen LogP contribution in [0.2, 0.25) is 0 Å². The van der Waals surface area contributed by atoms with Crippen LogP contribution >= 0.6 is 0 Å². The monoisotopic (exact) mass is 434 g/mol. The van der Waals surface area contributed by atoms with Crippen molar-refractivity contribution in [3.05, 3.63) is 96.2 Å². The van der Waals surface area contributed by atoms with Crippen molar-refractivity contribution in [2.75, 3.05) is 0 Å². The smallest absolute Gasteiger partial charge is 0.0165 e. The summed E-state index contributed by atoms with van der Waals surface area (Å²) in [6.07, 6.45) is 29.4. The summed E-state index contributed by atoms with van der Waals surface area (Å²) in [7, 11) is 0. The van der Waals surface area contributed by atoms with Crippen molar-refractivity contribution in [3.63, 3.8) is 0 Å². The van der Waals surface area contributed by atoms with E-state index in [4.69, 9.17) is 0 Å². The molecule has 0 atom stereocenters. The SMILES string of the molecule is CC(C)(C)C(=C/C=C/C=C/C=C/C=C/C=C/C=C/C=C(C(C)(C)C)C(C)(C)C)C(C)(C)C. The lowest BCUT2D eigenvalue weighted by Gasteiger charge is -2.33. The molecule has 0 fully saturated rings. The fourth-order valence-electron chi connectivity index (χ4n) is 4.20. The highest BCUT2D eigenvalue weighted by atomic mass is 14.3. The van der Waals surface area contributed by atoms with E-state index in [0.29, 0.717) is 0 Å². The molecule has 0 aromatic heterocycles. The molecule has 0 amide bonds. The molecule has 0 nitrogen and oxygen atoms in total. The van der Waals surface area contributed by atoms with Crippen LogP contribution in [0.1, 0.15) is 83.1 Å². The average Bonchev–Trinajstić information content (AvgIpc) is 2.56. The van der Waals surface area contributed by atoms with Gasteiger partial charge in [-0.25, -0.2) is 0 Å². The van der Waals surface area contributed by atoms with E-state index < -0.39 is 0 Å². The van der Waals surface area contributed by atoms with Crippen LogP contribution in [0.3, 0.4) is 0 Å². The van der Waals surface area contributed by atoms with Gasteiger partial charge in [0.15, 0.2) is 0 Å². The third-order valence-electron chi connectivity index (χ3n) is 4.98. The van der Waals surface area contributed by atoms with Crippen LogP contribution in [0.4, 0.5) is 0 Å². The van der Waals surface area contributed by atoms with Crippen molar-refractivity contribution in [2.45, 2.75) is 83.1 Å². The van der Waals surface area contributed by atoms with E-state index in [9.17, 15) is 0 Å². The maximum absolute atomic E-state index is 2.28. The molecule has 0 aromatic rings.